The molecule has 4 nitrogen and oxygen atoms in total. The van der Waals surface area contributed by atoms with Crippen LogP contribution in [0, 0.1) is 5.82 Å². The van der Waals surface area contributed by atoms with Gasteiger partial charge in [0.1, 0.15) is 12.4 Å². The molecule has 0 atom stereocenters. The maximum Gasteiger partial charge on any atom is 0.248 e. The predicted octanol–water partition coefficient (Wildman–Crippen LogP) is 3.66. The molecule has 2 aromatic carbocycles. The normalized spacial score (nSPS) is 10.3. The Morgan fingerprint density at radius 2 is 1.91 bits per heavy atom. The van der Waals surface area contributed by atoms with Gasteiger partial charge in [0.25, 0.3) is 0 Å². The molecule has 2 aromatic rings. The molecule has 0 heterocycles. The highest BCUT2D eigenvalue weighted by Crippen LogP contribution is 2.37. The molecule has 0 aliphatic heterocycles. The third kappa shape index (κ3) is 3.98. The van der Waals surface area contributed by atoms with Gasteiger partial charge >= 0.3 is 0 Å². The summed E-state index contributed by atoms with van der Waals surface area (Å²) in [4.78, 5) is 11.3. The van der Waals surface area contributed by atoms with Crippen LogP contribution in [0.15, 0.2) is 40.9 Å². The minimum absolute atomic E-state index is 0.245. The smallest absolute Gasteiger partial charge is 0.248 e. The molecule has 0 saturated carbocycles. The van der Waals surface area contributed by atoms with Crippen molar-refractivity contribution < 1.29 is 18.7 Å². The van der Waals surface area contributed by atoms with Crippen LogP contribution in [-0.4, -0.2) is 12.5 Å². The highest BCUT2D eigenvalue weighted by atomic mass is 79.9. The highest BCUT2D eigenvalue weighted by Gasteiger charge is 2.14. The van der Waals surface area contributed by atoms with E-state index in [-0.39, 0.29) is 12.4 Å². The minimum atomic E-state index is -0.549. The average Bonchev–Trinajstić information content (AvgIpc) is 2.48. The first-order valence-electron chi connectivity index (χ1n) is 6.64. The second-order valence-electron chi connectivity index (χ2n) is 4.50. The van der Waals surface area contributed by atoms with Crippen LogP contribution in [0.1, 0.15) is 22.8 Å². The van der Waals surface area contributed by atoms with Crippen molar-refractivity contribution in [3.63, 3.8) is 0 Å². The third-order valence-electron chi connectivity index (χ3n) is 2.89. The second-order valence-corrected chi connectivity index (χ2v) is 5.35. The summed E-state index contributed by atoms with van der Waals surface area (Å²) in [5.74, 6) is 0.0430. The summed E-state index contributed by atoms with van der Waals surface area (Å²) in [7, 11) is 0. The van der Waals surface area contributed by atoms with Crippen molar-refractivity contribution in [1.29, 1.82) is 0 Å². The summed E-state index contributed by atoms with van der Waals surface area (Å²) in [5, 5.41) is 0. The summed E-state index contributed by atoms with van der Waals surface area (Å²) < 4.78 is 24.7. The lowest BCUT2D eigenvalue weighted by molar-refractivity contribution is 0.0999. The van der Waals surface area contributed by atoms with Gasteiger partial charge in [-0.1, -0.05) is 12.1 Å². The fourth-order valence-corrected chi connectivity index (χ4v) is 2.41. The van der Waals surface area contributed by atoms with Gasteiger partial charge in [0.05, 0.1) is 11.1 Å². The number of amides is 1. The minimum Gasteiger partial charge on any atom is -0.490 e. The van der Waals surface area contributed by atoms with E-state index in [1.54, 1.807) is 18.2 Å². The summed E-state index contributed by atoms with van der Waals surface area (Å²) in [6, 6.07) is 9.13. The molecule has 0 bridgehead atoms. The van der Waals surface area contributed by atoms with Gasteiger partial charge in [0.15, 0.2) is 11.5 Å². The van der Waals surface area contributed by atoms with Crippen LogP contribution in [-0.2, 0) is 6.61 Å². The van der Waals surface area contributed by atoms with E-state index < -0.39 is 5.91 Å². The lowest BCUT2D eigenvalue weighted by Gasteiger charge is -2.15. The first-order chi connectivity index (χ1) is 10.5. The van der Waals surface area contributed by atoms with Crippen molar-refractivity contribution in [1.82, 2.24) is 0 Å². The molecule has 0 unspecified atom stereocenters. The van der Waals surface area contributed by atoms with Gasteiger partial charge < -0.3 is 15.2 Å². The molecule has 0 fully saturated rings. The van der Waals surface area contributed by atoms with E-state index in [9.17, 15) is 9.18 Å². The standard InChI is InChI=1S/C16H15BrFNO3/c1-2-21-14-8-11(16(19)20)7-13(17)15(14)22-9-10-3-5-12(18)6-4-10/h3-8H,2,9H2,1H3,(H2,19,20). The lowest BCUT2D eigenvalue weighted by atomic mass is 10.2. The number of carbonyl (C=O) groups excluding carboxylic acids is 1. The number of halogens is 2. The van der Waals surface area contributed by atoms with Crippen molar-refractivity contribution in [2.45, 2.75) is 13.5 Å². The molecule has 0 aliphatic carbocycles. The van der Waals surface area contributed by atoms with Crippen LogP contribution in [0.5, 0.6) is 11.5 Å². The van der Waals surface area contributed by atoms with Crippen molar-refractivity contribution in [2.24, 2.45) is 5.73 Å². The molecule has 2 rings (SSSR count). The average molecular weight is 368 g/mol. The van der Waals surface area contributed by atoms with Crippen LogP contribution in [0.4, 0.5) is 4.39 Å². The van der Waals surface area contributed by atoms with Crippen molar-refractivity contribution in [3.8, 4) is 11.5 Å². The van der Waals surface area contributed by atoms with E-state index in [1.165, 1.54) is 18.2 Å². The quantitative estimate of drug-likeness (QED) is 0.847. The molecule has 0 spiro atoms. The van der Waals surface area contributed by atoms with Gasteiger partial charge in [0, 0.05) is 5.56 Å². The fourth-order valence-electron chi connectivity index (χ4n) is 1.85. The van der Waals surface area contributed by atoms with Gasteiger partial charge in [-0.3, -0.25) is 4.79 Å². The zero-order chi connectivity index (χ0) is 16.1. The van der Waals surface area contributed by atoms with E-state index in [0.717, 1.165) is 5.56 Å². The summed E-state index contributed by atoms with van der Waals surface area (Å²) in [6.45, 7) is 2.49. The number of nitrogens with two attached hydrogens (primary N) is 1. The Hall–Kier alpha value is -2.08. The molecular formula is C16H15BrFNO3. The van der Waals surface area contributed by atoms with E-state index in [0.29, 0.717) is 28.1 Å². The number of rotatable bonds is 6. The SMILES string of the molecule is CCOc1cc(C(N)=O)cc(Br)c1OCc1ccc(F)cc1. The topological polar surface area (TPSA) is 61.5 Å². The van der Waals surface area contributed by atoms with E-state index >= 15 is 0 Å². The Bertz CT molecular complexity index is 674. The molecule has 0 aliphatic rings. The maximum absolute atomic E-state index is 12.9. The fraction of sp³-hybridized carbons (Fsp3) is 0.188. The molecular weight excluding hydrogens is 353 g/mol. The van der Waals surface area contributed by atoms with E-state index in [2.05, 4.69) is 15.9 Å². The first-order valence-corrected chi connectivity index (χ1v) is 7.44. The van der Waals surface area contributed by atoms with Crippen LogP contribution >= 0.6 is 15.9 Å². The highest BCUT2D eigenvalue weighted by molar-refractivity contribution is 9.10. The Morgan fingerprint density at radius 3 is 2.50 bits per heavy atom. The Morgan fingerprint density at radius 1 is 1.23 bits per heavy atom. The predicted molar refractivity (Wildman–Crippen MR) is 84.6 cm³/mol. The van der Waals surface area contributed by atoms with Crippen LogP contribution in [0.3, 0.4) is 0 Å². The summed E-state index contributed by atoms with van der Waals surface area (Å²) >= 11 is 3.35. The van der Waals surface area contributed by atoms with Gasteiger partial charge in [-0.05, 0) is 52.7 Å². The van der Waals surface area contributed by atoms with E-state index in [4.69, 9.17) is 15.2 Å². The number of primary amides is 1. The Kier molecular flexibility index (Phi) is 5.38. The molecule has 0 saturated heterocycles. The second kappa shape index (κ2) is 7.26. The molecule has 2 N–H and O–H groups in total. The van der Waals surface area contributed by atoms with E-state index in [1.807, 2.05) is 6.92 Å². The van der Waals surface area contributed by atoms with Crippen molar-refractivity contribution >= 4 is 21.8 Å². The van der Waals surface area contributed by atoms with Crippen LogP contribution < -0.4 is 15.2 Å². The molecule has 6 heteroatoms. The zero-order valence-corrected chi connectivity index (χ0v) is 13.5. The molecule has 1 amide bonds. The lowest BCUT2D eigenvalue weighted by Crippen LogP contribution is -2.12. The largest absolute Gasteiger partial charge is 0.490 e. The Balaban J connectivity index is 2.25. The maximum atomic E-state index is 12.9. The van der Waals surface area contributed by atoms with Crippen LogP contribution in [0.2, 0.25) is 0 Å². The first kappa shape index (κ1) is 16.3. The van der Waals surface area contributed by atoms with Gasteiger partial charge in [-0.2, -0.15) is 0 Å². The molecule has 0 radical (unpaired) electrons. The monoisotopic (exact) mass is 367 g/mol. The van der Waals surface area contributed by atoms with Crippen LogP contribution in [0.25, 0.3) is 0 Å². The summed E-state index contributed by atoms with van der Waals surface area (Å²) in [5.41, 5.74) is 6.42. The number of ether oxygens (including phenoxy) is 2. The third-order valence-corrected chi connectivity index (χ3v) is 3.48. The molecule has 22 heavy (non-hydrogen) atoms. The number of carbonyl (C=O) groups is 1. The van der Waals surface area contributed by atoms with Gasteiger partial charge in [-0.15, -0.1) is 0 Å². The Labute approximate surface area is 136 Å². The number of hydrogen-bond acceptors (Lipinski definition) is 3. The zero-order valence-electron chi connectivity index (χ0n) is 11.9. The molecule has 0 aromatic heterocycles. The van der Waals surface area contributed by atoms with Gasteiger partial charge in [0.2, 0.25) is 5.91 Å². The summed E-state index contributed by atoms with van der Waals surface area (Å²) in [6.07, 6.45) is 0. The van der Waals surface area contributed by atoms with Crippen molar-refractivity contribution in [2.75, 3.05) is 6.61 Å². The van der Waals surface area contributed by atoms with Crippen molar-refractivity contribution in [3.05, 3.63) is 57.8 Å². The number of benzene rings is 2. The number of hydrogen-bond donors (Lipinski definition) is 1. The van der Waals surface area contributed by atoms with Gasteiger partial charge in [-0.25, -0.2) is 4.39 Å². The molecule has 116 valence electrons.